The van der Waals surface area contributed by atoms with Gasteiger partial charge in [0.15, 0.2) is 5.96 Å². The molecule has 0 spiro atoms. The Balaban J connectivity index is 2.00. The molecule has 5 nitrogen and oxygen atoms in total. The van der Waals surface area contributed by atoms with Crippen LogP contribution in [-0.4, -0.2) is 54.9 Å². The first-order chi connectivity index (χ1) is 11.5. The lowest BCUT2D eigenvalue weighted by Gasteiger charge is -2.23. The van der Waals surface area contributed by atoms with Crippen molar-refractivity contribution in [1.29, 1.82) is 0 Å². The summed E-state index contributed by atoms with van der Waals surface area (Å²) in [6.45, 7) is 5.25. The minimum absolute atomic E-state index is 0.0887. The monoisotopic (exact) mass is 370 g/mol. The fraction of sp³-hybridized carbons (Fsp3) is 0.529. The molecular weight excluding hydrogens is 347 g/mol. The topological polar surface area (TPSA) is 47.9 Å². The zero-order valence-electron chi connectivity index (χ0n) is 14.2. The standard InChI is InChI=1S/C17H24Cl2N4O/c1-3-20-17(21-11-16(24)23-8-4-5-9-23)22(2)12-13-6-7-14(18)15(19)10-13/h6-7,10H,3-5,8-9,11-12H2,1-2H3,(H,20,21). The van der Waals surface area contributed by atoms with Gasteiger partial charge in [0, 0.05) is 33.2 Å². The number of guanidine groups is 1. The van der Waals surface area contributed by atoms with Crippen LogP contribution in [-0.2, 0) is 11.3 Å². The van der Waals surface area contributed by atoms with E-state index in [2.05, 4.69) is 10.3 Å². The molecular formula is C17H24Cl2N4O. The Morgan fingerprint density at radius 2 is 2.00 bits per heavy atom. The van der Waals surface area contributed by atoms with Gasteiger partial charge in [-0.15, -0.1) is 0 Å². The third kappa shape index (κ3) is 5.28. The van der Waals surface area contributed by atoms with Crippen molar-refractivity contribution in [1.82, 2.24) is 15.1 Å². The summed E-state index contributed by atoms with van der Waals surface area (Å²) in [5.41, 5.74) is 1.03. The Morgan fingerprint density at radius 3 is 2.62 bits per heavy atom. The van der Waals surface area contributed by atoms with E-state index in [0.717, 1.165) is 38.0 Å². The van der Waals surface area contributed by atoms with E-state index in [9.17, 15) is 4.79 Å². The van der Waals surface area contributed by atoms with Gasteiger partial charge in [-0.1, -0.05) is 29.3 Å². The molecule has 132 valence electrons. The van der Waals surface area contributed by atoms with Crippen molar-refractivity contribution in [2.24, 2.45) is 4.99 Å². The fourth-order valence-corrected chi connectivity index (χ4v) is 2.99. The van der Waals surface area contributed by atoms with Crippen molar-refractivity contribution in [2.75, 3.05) is 33.2 Å². The maximum absolute atomic E-state index is 12.2. The Kier molecular flexibility index (Phi) is 7.18. The number of hydrogen-bond donors (Lipinski definition) is 1. The first-order valence-electron chi connectivity index (χ1n) is 8.22. The molecule has 0 aromatic heterocycles. The van der Waals surface area contributed by atoms with Gasteiger partial charge in [-0.25, -0.2) is 4.99 Å². The van der Waals surface area contributed by atoms with Crippen LogP contribution >= 0.6 is 23.2 Å². The predicted octanol–water partition coefficient (Wildman–Crippen LogP) is 3.01. The van der Waals surface area contributed by atoms with Crippen LogP contribution in [0.1, 0.15) is 25.3 Å². The van der Waals surface area contributed by atoms with Crippen LogP contribution in [0.15, 0.2) is 23.2 Å². The van der Waals surface area contributed by atoms with E-state index in [1.165, 1.54) is 0 Å². The highest BCUT2D eigenvalue weighted by Gasteiger charge is 2.17. The van der Waals surface area contributed by atoms with Crippen molar-refractivity contribution in [3.8, 4) is 0 Å². The van der Waals surface area contributed by atoms with Gasteiger partial charge in [0.1, 0.15) is 6.54 Å². The molecule has 7 heteroatoms. The fourth-order valence-electron chi connectivity index (χ4n) is 2.67. The van der Waals surface area contributed by atoms with E-state index < -0.39 is 0 Å². The number of carbonyl (C=O) groups is 1. The molecule has 1 fully saturated rings. The zero-order valence-corrected chi connectivity index (χ0v) is 15.7. The molecule has 1 N–H and O–H groups in total. The highest BCUT2D eigenvalue weighted by Crippen LogP contribution is 2.23. The number of likely N-dealkylation sites (tertiary alicyclic amines) is 1. The van der Waals surface area contributed by atoms with Gasteiger partial charge < -0.3 is 15.1 Å². The van der Waals surface area contributed by atoms with Crippen LogP contribution in [0.4, 0.5) is 0 Å². The zero-order chi connectivity index (χ0) is 17.5. The molecule has 0 atom stereocenters. The summed E-state index contributed by atoms with van der Waals surface area (Å²) in [6.07, 6.45) is 2.18. The SMILES string of the molecule is CCNC(=NCC(=O)N1CCCC1)N(C)Cc1ccc(Cl)c(Cl)c1. The number of aliphatic imine (C=N–C) groups is 1. The number of nitrogens with one attached hydrogen (secondary N) is 1. The normalized spacial score (nSPS) is 14.8. The number of carbonyl (C=O) groups excluding carboxylic acids is 1. The third-order valence-electron chi connectivity index (χ3n) is 3.92. The van der Waals surface area contributed by atoms with E-state index in [4.69, 9.17) is 23.2 Å². The largest absolute Gasteiger partial charge is 0.357 e. The van der Waals surface area contributed by atoms with Gasteiger partial charge >= 0.3 is 0 Å². The van der Waals surface area contributed by atoms with E-state index in [1.54, 1.807) is 6.07 Å². The highest BCUT2D eigenvalue weighted by molar-refractivity contribution is 6.42. The number of hydrogen-bond acceptors (Lipinski definition) is 2. The molecule has 0 unspecified atom stereocenters. The average molecular weight is 371 g/mol. The molecule has 0 aliphatic carbocycles. The molecule has 1 amide bonds. The molecule has 1 aliphatic rings. The molecule has 0 saturated carbocycles. The second-order valence-corrected chi connectivity index (χ2v) is 6.68. The maximum atomic E-state index is 12.2. The Labute approximate surface area is 153 Å². The van der Waals surface area contributed by atoms with E-state index in [1.807, 2.05) is 35.9 Å². The molecule has 2 rings (SSSR count). The maximum Gasteiger partial charge on any atom is 0.244 e. The third-order valence-corrected chi connectivity index (χ3v) is 4.66. The molecule has 0 bridgehead atoms. The van der Waals surface area contributed by atoms with Gasteiger partial charge in [-0.05, 0) is 37.5 Å². The molecule has 1 saturated heterocycles. The van der Waals surface area contributed by atoms with Gasteiger partial charge in [-0.3, -0.25) is 4.79 Å². The summed E-state index contributed by atoms with van der Waals surface area (Å²) >= 11 is 12.0. The number of halogens is 2. The smallest absolute Gasteiger partial charge is 0.244 e. The van der Waals surface area contributed by atoms with E-state index in [-0.39, 0.29) is 12.5 Å². The first-order valence-corrected chi connectivity index (χ1v) is 8.98. The number of rotatable bonds is 5. The van der Waals surface area contributed by atoms with Crippen molar-refractivity contribution in [2.45, 2.75) is 26.3 Å². The van der Waals surface area contributed by atoms with Crippen molar-refractivity contribution in [3.05, 3.63) is 33.8 Å². The van der Waals surface area contributed by atoms with E-state index >= 15 is 0 Å². The highest BCUT2D eigenvalue weighted by atomic mass is 35.5. The van der Waals surface area contributed by atoms with Crippen molar-refractivity contribution in [3.63, 3.8) is 0 Å². The molecule has 0 radical (unpaired) electrons. The second kappa shape index (κ2) is 9.14. The molecule has 24 heavy (non-hydrogen) atoms. The molecule has 1 heterocycles. The first kappa shape index (κ1) is 18.9. The second-order valence-electron chi connectivity index (χ2n) is 5.86. The summed E-state index contributed by atoms with van der Waals surface area (Å²) < 4.78 is 0. The quantitative estimate of drug-likeness (QED) is 0.640. The number of amides is 1. The van der Waals surface area contributed by atoms with Crippen LogP contribution in [0.3, 0.4) is 0 Å². The van der Waals surface area contributed by atoms with Crippen molar-refractivity contribution < 1.29 is 4.79 Å². The van der Waals surface area contributed by atoms with Crippen molar-refractivity contribution >= 4 is 35.1 Å². The molecule has 1 aliphatic heterocycles. The van der Waals surface area contributed by atoms with Crippen LogP contribution in [0.2, 0.25) is 10.0 Å². The minimum atomic E-state index is 0.0887. The molecule has 1 aromatic rings. The summed E-state index contributed by atoms with van der Waals surface area (Å²) in [4.78, 5) is 20.5. The summed E-state index contributed by atoms with van der Waals surface area (Å²) in [5, 5.41) is 4.30. The lowest BCUT2D eigenvalue weighted by atomic mass is 10.2. The van der Waals surface area contributed by atoms with Crippen LogP contribution < -0.4 is 5.32 Å². The lowest BCUT2D eigenvalue weighted by molar-refractivity contribution is -0.128. The summed E-state index contributed by atoms with van der Waals surface area (Å²) in [7, 11) is 1.93. The Bertz CT molecular complexity index is 600. The minimum Gasteiger partial charge on any atom is -0.357 e. The summed E-state index contributed by atoms with van der Waals surface area (Å²) in [6, 6.07) is 5.57. The Hall–Kier alpha value is -1.46. The van der Waals surface area contributed by atoms with Gasteiger partial charge in [-0.2, -0.15) is 0 Å². The summed E-state index contributed by atoms with van der Waals surface area (Å²) in [5.74, 6) is 0.793. The van der Waals surface area contributed by atoms with Gasteiger partial charge in [0.05, 0.1) is 10.0 Å². The number of benzene rings is 1. The van der Waals surface area contributed by atoms with E-state index in [0.29, 0.717) is 22.5 Å². The molecule has 1 aromatic carbocycles. The average Bonchev–Trinajstić information content (AvgIpc) is 3.09. The predicted molar refractivity (Wildman–Crippen MR) is 99.7 cm³/mol. The van der Waals surface area contributed by atoms with Gasteiger partial charge in [0.25, 0.3) is 0 Å². The number of nitrogens with zero attached hydrogens (tertiary/aromatic N) is 3. The van der Waals surface area contributed by atoms with Crippen LogP contribution in [0.5, 0.6) is 0 Å². The van der Waals surface area contributed by atoms with Crippen LogP contribution in [0.25, 0.3) is 0 Å². The Morgan fingerprint density at radius 1 is 1.29 bits per heavy atom. The van der Waals surface area contributed by atoms with Gasteiger partial charge in [0.2, 0.25) is 5.91 Å². The van der Waals surface area contributed by atoms with Crippen LogP contribution in [0, 0.1) is 0 Å². The lowest BCUT2D eigenvalue weighted by Crippen LogP contribution is -2.39.